The molecule has 2 aromatic carbocycles. The average Bonchev–Trinajstić information content (AvgIpc) is 2.60. The minimum atomic E-state index is -0.0841. The van der Waals surface area contributed by atoms with Gasteiger partial charge in [0.2, 0.25) is 0 Å². The van der Waals surface area contributed by atoms with Crippen LogP contribution in [0.1, 0.15) is 11.7 Å². The van der Waals surface area contributed by atoms with Crippen molar-refractivity contribution in [2.24, 2.45) is 0 Å². The van der Waals surface area contributed by atoms with Crippen molar-refractivity contribution in [3.05, 3.63) is 42.0 Å². The smallest absolute Gasteiger partial charge is 0.319 e. The van der Waals surface area contributed by atoms with Crippen molar-refractivity contribution in [2.75, 3.05) is 40.9 Å². The number of carbonyl (C=O) groups excluding carboxylic acids is 1. The molecule has 1 fully saturated rings. The van der Waals surface area contributed by atoms with E-state index in [0.29, 0.717) is 19.7 Å². The second kappa shape index (κ2) is 6.46. The lowest BCUT2D eigenvalue weighted by atomic mass is 10.0. The Balaban J connectivity index is 1.83. The first-order chi connectivity index (χ1) is 11.1. The summed E-state index contributed by atoms with van der Waals surface area (Å²) < 4.78 is 11.1. The van der Waals surface area contributed by atoms with Gasteiger partial charge in [-0.05, 0) is 34.5 Å². The van der Waals surface area contributed by atoms with Crippen LogP contribution < -0.4 is 4.74 Å². The highest BCUT2D eigenvalue weighted by Crippen LogP contribution is 2.28. The van der Waals surface area contributed by atoms with Gasteiger partial charge < -0.3 is 19.3 Å². The highest BCUT2D eigenvalue weighted by Gasteiger charge is 2.26. The predicted molar refractivity (Wildman–Crippen MR) is 89.8 cm³/mol. The van der Waals surface area contributed by atoms with Crippen LogP contribution in [0, 0.1) is 0 Å². The number of fused-ring (bicyclic) bond motifs is 1. The molecule has 0 unspecified atom stereocenters. The van der Waals surface area contributed by atoms with Crippen LogP contribution in [0.15, 0.2) is 36.4 Å². The van der Waals surface area contributed by atoms with Gasteiger partial charge in [-0.15, -0.1) is 0 Å². The average molecular weight is 314 g/mol. The summed E-state index contributed by atoms with van der Waals surface area (Å²) in [5, 5.41) is 2.27. The molecule has 0 aliphatic carbocycles. The van der Waals surface area contributed by atoms with E-state index in [4.69, 9.17) is 9.47 Å². The zero-order valence-electron chi connectivity index (χ0n) is 13.8. The number of hydrogen-bond donors (Lipinski definition) is 0. The first-order valence-electron chi connectivity index (χ1n) is 7.74. The van der Waals surface area contributed by atoms with E-state index in [1.165, 1.54) is 0 Å². The number of morpholine rings is 1. The normalized spacial score (nSPS) is 18.0. The zero-order chi connectivity index (χ0) is 16.4. The summed E-state index contributed by atoms with van der Waals surface area (Å²) in [6, 6.07) is 12.3. The maximum absolute atomic E-state index is 12.1. The molecule has 0 aromatic heterocycles. The molecule has 0 bridgehead atoms. The first-order valence-corrected chi connectivity index (χ1v) is 7.74. The number of benzene rings is 2. The summed E-state index contributed by atoms with van der Waals surface area (Å²) in [5.74, 6) is 0.849. The number of ether oxygens (including phenoxy) is 2. The molecule has 0 saturated carbocycles. The van der Waals surface area contributed by atoms with Crippen LogP contribution in [0.2, 0.25) is 0 Å². The number of urea groups is 1. The van der Waals surface area contributed by atoms with Crippen molar-refractivity contribution in [1.29, 1.82) is 0 Å². The number of rotatable bonds is 2. The summed E-state index contributed by atoms with van der Waals surface area (Å²) in [4.78, 5) is 15.6. The Labute approximate surface area is 136 Å². The van der Waals surface area contributed by atoms with E-state index < -0.39 is 0 Å². The SMILES string of the molecule is COc1ccc2cc([C@@H]3CN(C(=O)N(C)C)CCO3)ccc2c1. The van der Waals surface area contributed by atoms with Crippen LogP contribution in [0.5, 0.6) is 5.75 Å². The van der Waals surface area contributed by atoms with E-state index in [1.54, 1.807) is 26.1 Å². The molecular weight excluding hydrogens is 292 g/mol. The Hall–Kier alpha value is -2.27. The summed E-state index contributed by atoms with van der Waals surface area (Å²) in [6.07, 6.45) is -0.0841. The fourth-order valence-corrected chi connectivity index (χ4v) is 2.88. The van der Waals surface area contributed by atoms with E-state index in [2.05, 4.69) is 18.2 Å². The van der Waals surface area contributed by atoms with E-state index in [-0.39, 0.29) is 12.1 Å². The summed E-state index contributed by atoms with van der Waals surface area (Å²) >= 11 is 0. The van der Waals surface area contributed by atoms with Gasteiger partial charge in [0.1, 0.15) is 11.9 Å². The van der Waals surface area contributed by atoms with Crippen molar-refractivity contribution in [3.8, 4) is 5.75 Å². The lowest BCUT2D eigenvalue weighted by Gasteiger charge is -2.34. The van der Waals surface area contributed by atoms with Gasteiger partial charge in [0.15, 0.2) is 0 Å². The maximum atomic E-state index is 12.1. The molecule has 1 atom stereocenters. The van der Waals surface area contributed by atoms with Gasteiger partial charge in [-0.2, -0.15) is 0 Å². The lowest BCUT2D eigenvalue weighted by Crippen LogP contribution is -2.46. The van der Waals surface area contributed by atoms with Gasteiger partial charge in [0.05, 0.1) is 20.3 Å². The molecule has 1 aliphatic heterocycles. The van der Waals surface area contributed by atoms with Crippen LogP contribution in [0.3, 0.4) is 0 Å². The Morgan fingerprint density at radius 1 is 1.22 bits per heavy atom. The third kappa shape index (κ3) is 3.24. The van der Waals surface area contributed by atoms with E-state index in [0.717, 1.165) is 22.1 Å². The van der Waals surface area contributed by atoms with Gasteiger partial charge in [0.25, 0.3) is 0 Å². The quantitative estimate of drug-likeness (QED) is 0.856. The van der Waals surface area contributed by atoms with E-state index in [9.17, 15) is 4.79 Å². The van der Waals surface area contributed by atoms with Crippen molar-refractivity contribution in [3.63, 3.8) is 0 Å². The van der Waals surface area contributed by atoms with Crippen LogP contribution in [0.4, 0.5) is 4.79 Å². The molecule has 3 rings (SSSR count). The number of carbonyl (C=O) groups is 1. The number of methoxy groups -OCH3 is 1. The zero-order valence-corrected chi connectivity index (χ0v) is 13.8. The molecule has 1 heterocycles. The molecule has 0 radical (unpaired) electrons. The third-order valence-electron chi connectivity index (χ3n) is 4.16. The van der Waals surface area contributed by atoms with Gasteiger partial charge in [0, 0.05) is 20.6 Å². The lowest BCUT2D eigenvalue weighted by molar-refractivity contribution is -0.0188. The minimum Gasteiger partial charge on any atom is -0.497 e. The summed E-state index contributed by atoms with van der Waals surface area (Å²) in [7, 11) is 5.22. The topological polar surface area (TPSA) is 42.0 Å². The molecule has 2 amide bonds. The van der Waals surface area contributed by atoms with Crippen molar-refractivity contribution >= 4 is 16.8 Å². The summed E-state index contributed by atoms with van der Waals surface area (Å²) in [6.45, 7) is 1.78. The fraction of sp³-hybridized carbons (Fsp3) is 0.389. The van der Waals surface area contributed by atoms with Gasteiger partial charge in [-0.25, -0.2) is 4.79 Å². The molecular formula is C18H22N2O3. The highest BCUT2D eigenvalue weighted by atomic mass is 16.5. The Morgan fingerprint density at radius 2 is 1.96 bits per heavy atom. The van der Waals surface area contributed by atoms with E-state index in [1.807, 2.05) is 23.1 Å². The molecule has 23 heavy (non-hydrogen) atoms. The second-order valence-corrected chi connectivity index (χ2v) is 5.95. The Bertz CT molecular complexity index is 714. The van der Waals surface area contributed by atoms with Crippen LogP contribution in [-0.2, 0) is 4.74 Å². The number of hydrogen-bond acceptors (Lipinski definition) is 3. The fourth-order valence-electron chi connectivity index (χ4n) is 2.88. The van der Waals surface area contributed by atoms with Crippen LogP contribution in [0.25, 0.3) is 10.8 Å². The molecule has 122 valence electrons. The number of amides is 2. The van der Waals surface area contributed by atoms with Gasteiger partial charge >= 0.3 is 6.03 Å². The molecule has 1 saturated heterocycles. The first kappa shape index (κ1) is 15.6. The summed E-state index contributed by atoms with van der Waals surface area (Å²) in [5.41, 5.74) is 1.10. The third-order valence-corrected chi connectivity index (χ3v) is 4.16. The van der Waals surface area contributed by atoms with Crippen molar-refractivity contribution in [1.82, 2.24) is 9.80 Å². The van der Waals surface area contributed by atoms with Gasteiger partial charge in [-0.1, -0.05) is 18.2 Å². The monoisotopic (exact) mass is 314 g/mol. The van der Waals surface area contributed by atoms with Crippen molar-refractivity contribution in [2.45, 2.75) is 6.10 Å². The molecule has 5 heteroatoms. The highest BCUT2D eigenvalue weighted by molar-refractivity contribution is 5.84. The largest absolute Gasteiger partial charge is 0.497 e. The van der Waals surface area contributed by atoms with Crippen LogP contribution >= 0.6 is 0 Å². The molecule has 2 aromatic rings. The minimum absolute atomic E-state index is 0.0313. The van der Waals surface area contributed by atoms with Crippen molar-refractivity contribution < 1.29 is 14.3 Å². The maximum Gasteiger partial charge on any atom is 0.319 e. The molecule has 0 N–H and O–H groups in total. The second-order valence-electron chi connectivity index (χ2n) is 5.95. The van der Waals surface area contributed by atoms with E-state index >= 15 is 0 Å². The Morgan fingerprint density at radius 3 is 2.70 bits per heavy atom. The predicted octanol–water partition coefficient (Wildman–Crippen LogP) is 2.90. The van der Waals surface area contributed by atoms with Gasteiger partial charge in [-0.3, -0.25) is 0 Å². The molecule has 1 aliphatic rings. The van der Waals surface area contributed by atoms with Crippen LogP contribution in [-0.4, -0.2) is 56.7 Å². The Kier molecular flexibility index (Phi) is 4.39. The molecule has 0 spiro atoms. The molecule has 5 nitrogen and oxygen atoms in total. The number of nitrogens with zero attached hydrogens (tertiary/aromatic N) is 2. The standard InChI is InChI=1S/C18H22N2O3/c1-19(2)18(21)20-8-9-23-17(12-20)15-5-4-14-11-16(22-3)7-6-13(14)10-15/h4-7,10-11,17H,8-9,12H2,1-3H3/t17-/m0/s1.